The minimum atomic E-state index is -0.162. The molecular weight excluding hydrogens is 356 g/mol. The molecule has 8 heteroatoms. The minimum Gasteiger partial charge on any atom is -0.354 e. The van der Waals surface area contributed by atoms with Crippen molar-refractivity contribution in [2.45, 2.75) is 78.3 Å². The zero-order valence-corrected chi connectivity index (χ0v) is 18.2. The van der Waals surface area contributed by atoms with Gasteiger partial charge in [0.15, 0.2) is 11.8 Å². The number of nitrogens with zero attached hydrogens (tertiary/aromatic N) is 4. The van der Waals surface area contributed by atoms with E-state index >= 15 is 0 Å². The highest BCUT2D eigenvalue weighted by atomic mass is 16.5. The van der Waals surface area contributed by atoms with E-state index in [1.807, 2.05) is 25.7 Å². The summed E-state index contributed by atoms with van der Waals surface area (Å²) in [4.78, 5) is 23.3. The first kappa shape index (κ1) is 22.2. The summed E-state index contributed by atoms with van der Waals surface area (Å²) < 4.78 is 5.32. The number of rotatable bonds is 6. The van der Waals surface area contributed by atoms with Crippen LogP contribution in [0.3, 0.4) is 0 Å². The topological polar surface area (TPSA) is 95.7 Å². The molecule has 0 bridgehead atoms. The van der Waals surface area contributed by atoms with Gasteiger partial charge in [-0.1, -0.05) is 39.8 Å². The van der Waals surface area contributed by atoms with Crippen molar-refractivity contribution in [2.75, 3.05) is 20.1 Å². The summed E-state index contributed by atoms with van der Waals surface area (Å²) in [5, 5.41) is 10.7. The molecule has 1 fully saturated rings. The number of guanidine groups is 1. The van der Waals surface area contributed by atoms with Crippen LogP contribution in [0.1, 0.15) is 72.0 Å². The maximum atomic E-state index is 12.5. The van der Waals surface area contributed by atoms with Crippen molar-refractivity contribution in [3.05, 3.63) is 11.7 Å². The van der Waals surface area contributed by atoms with Crippen LogP contribution >= 0.6 is 0 Å². The molecule has 8 nitrogen and oxygen atoms in total. The van der Waals surface area contributed by atoms with Crippen molar-refractivity contribution in [3.8, 4) is 0 Å². The lowest BCUT2D eigenvalue weighted by atomic mass is 9.97. The Balaban J connectivity index is 1.80. The molecule has 0 aromatic carbocycles. The predicted octanol–water partition coefficient (Wildman–Crippen LogP) is 2.46. The van der Waals surface area contributed by atoms with Crippen LogP contribution in [0.25, 0.3) is 0 Å². The normalized spacial score (nSPS) is 16.5. The molecule has 158 valence electrons. The molecule has 0 unspecified atom stereocenters. The molecule has 0 saturated carbocycles. The van der Waals surface area contributed by atoms with Gasteiger partial charge in [-0.05, 0) is 25.7 Å². The van der Waals surface area contributed by atoms with Gasteiger partial charge >= 0.3 is 0 Å². The molecule has 1 aromatic rings. The van der Waals surface area contributed by atoms with Crippen LogP contribution in [-0.2, 0) is 16.8 Å². The minimum absolute atomic E-state index is 0.159. The fourth-order valence-electron chi connectivity index (χ4n) is 3.32. The van der Waals surface area contributed by atoms with E-state index in [-0.39, 0.29) is 11.3 Å². The molecule has 0 atom stereocenters. The van der Waals surface area contributed by atoms with E-state index < -0.39 is 0 Å². The van der Waals surface area contributed by atoms with E-state index in [1.165, 1.54) is 0 Å². The summed E-state index contributed by atoms with van der Waals surface area (Å²) in [7, 11) is 1.75. The number of amides is 1. The van der Waals surface area contributed by atoms with E-state index in [0.29, 0.717) is 36.2 Å². The second kappa shape index (κ2) is 9.89. The van der Waals surface area contributed by atoms with Crippen LogP contribution in [0.4, 0.5) is 0 Å². The SMILES string of the molecule is CCC(CC)C(=O)N1CCC(NC(=NC)NCc2noc(C(C)(C)C)n2)CC1. The molecule has 1 amide bonds. The van der Waals surface area contributed by atoms with Gasteiger partial charge in [0.05, 0.1) is 6.54 Å². The van der Waals surface area contributed by atoms with Crippen molar-refractivity contribution in [2.24, 2.45) is 10.9 Å². The number of nitrogens with one attached hydrogen (secondary N) is 2. The number of carbonyl (C=O) groups is 1. The second-order valence-corrected chi connectivity index (χ2v) is 8.45. The van der Waals surface area contributed by atoms with Gasteiger partial charge in [0.1, 0.15) is 0 Å². The van der Waals surface area contributed by atoms with Gasteiger partial charge in [0.25, 0.3) is 0 Å². The lowest BCUT2D eigenvalue weighted by Gasteiger charge is -2.34. The summed E-state index contributed by atoms with van der Waals surface area (Å²) in [6.45, 7) is 12.3. The third-order valence-electron chi connectivity index (χ3n) is 5.23. The molecule has 1 aliphatic heterocycles. The zero-order valence-electron chi connectivity index (χ0n) is 18.2. The van der Waals surface area contributed by atoms with Crippen LogP contribution in [0, 0.1) is 5.92 Å². The summed E-state index contributed by atoms with van der Waals surface area (Å²) in [5.74, 6) is 2.41. The summed E-state index contributed by atoms with van der Waals surface area (Å²) in [6, 6.07) is 0.298. The monoisotopic (exact) mass is 392 g/mol. The lowest BCUT2D eigenvalue weighted by Crippen LogP contribution is -2.50. The third-order valence-corrected chi connectivity index (χ3v) is 5.23. The van der Waals surface area contributed by atoms with Crippen LogP contribution in [0.15, 0.2) is 9.52 Å². The number of hydrogen-bond donors (Lipinski definition) is 2. The van der Waals surface area contributed by atoms with Gasteiger partial charge in [-0.15, -0.1) is 0 Å². The fraction of sp³-hybridized carbons (Fsp3) is 0.800. The molecular formula is C20H36N6O2. The summed E-state index contributed by atoms with van der Waals surface area (Å²) in [5.41, 5.74) is -0.162. The van der Waals surface area contributed by atoms with Gasteiger partial charge < -0.3 is 20.1 Å². The molecule has 0 radical (unpaired) electrons. The fourth-order valence-corrected chi connectivity index (χ4v) is 3.32. The highest BCUT2D eigenvalue weighted by Gasteiger charge is 2.27. The second-order valence-electron chi connectivity index (χ2n) is 8.45. The maximum absolute atomic E-state index is 12.5. The quantitative estimate of drug-likeness (QED) is 0.570. The van der Waals surface area contributed by atoms with Gasteiger partial charge in [0, 0.05) is 37.5 Å². The van der Waals surface area contributed by atoms with Crippen molar-refractivity contribution in [3.63, 3.8) is 0 Å². The first-order chi connectivity index (χ1) is 13.3. The first-order valence-electron chi connectivity index (χ1n) is 10.4. The van der Waals surface area contributed by atoms with Crippen LogP contribution in [0.5, 0.6) is 0 Å². The molecule has 28 heavy (non-hydrogen) atoms. The molecule has 2 rings (SSSR count). The van der Waals surface area contributed by atoms with Gasteiger partial charge in [-0.2, -0.15) is 4.98 Å². The van der Waals surface area contributed by atoms with E-state index in [4.69, 9.17) is 4.52 Å². The number of aliphatic imine (C=N–C) groups is 1. The Kier molecular flexibility index (Phi) is 7.83. The van der Waals surface area contributed by atoms with Crippen LogP contribution < -0.4 is 10.6 Å². The highest BCUT2D eigenvalue weighted by Crippen LogP contribution is 2.19. The largest absolute Gasteiger partial charge is 0.354 e. The lowest BCUT2D eigenvalue weighted by molar-refractivity contribution is -0.136. The molecule has 1 aliphatic rings. The first-order valence-corrected chi connectivity index (χ1v) is 10.4. The molecule has 2 heterocycles. The van der Waals surface area contributed by atoms with Gasteiger partial charge in [-0.3, -0.25) is 9.79 Å². The average molecular weight is 393 g/mol. The predicted molar refractivity (Wildman–Crippen MR) is 110 cm³/mol. The van der Waals surface area contributed by atoms with Crippen LogP contribution in [-0.4, -0.2) is 53.1 Å². The Morgan fingerprint density at radius 2 is 1.93 bits per heavy atom. The number of likely N-dealkylation sites (tertiary alicyclic amines) is 1. The number of piperidine rings is 1. The van der Waals surface area contributed by atoms with Crippen molar-refractivity contribution >= 4 is 11.9 Å². The smallest absolute Gasteiger partial charge is 0.232 e. The number of hydrogen-bond acceptors (Lipinski definition) is 5. The molecule has 0 spiro atoms. The Morgan fingerprint density at radius 3 is 2.43 bits per heavy atom. The molecule has 0 aliphatic carbocycles. The van der Waals surface area contributed by atoms with E-state index in [2.05, 4.69) is 39.6 Å². The maximum Gasteiger partial charge on any atom is 0.232 e. The third kappa shape index (κ3) is 5.94. The Bertz CT molecular complexity index is 652. The molecule has 1 saturated heterocycles. The van der Waals surface area contributed by atoms with Gasteiger partial charge in [0.2, 0.25) is 11.8 Å². The summed E-state index contributed by atoms with van der Waals surface area (Å²) in [6.07, 6.45) is 3.67. The molecule has 1 aromatic heterocycles. The Morgan fingerprint density at radius 1 is 1.29 bits per heavy atom. The Labute approximate surface area is 168 Å². The van der Waals surface area contributed by atoms with Gasteiger partial charge in [-0.25, -0.2) is 0 Å². The molecule has 2 N–H and O–H groups in total. The highest BCUT2D eigenvalue weighted by molar-refractivity contribution is 5.80. The van der Waals surface area contributed by atoms with E-state index in [9.17, 15) is 4.79 Å². The van der Waals surface area contributed by atoms with E-state index in [1.54, 1.807) is 7.05 Å². The van der Waals surface area contributed by atoms with E-state index in [0.717, 1.165) is 38.8 Å². The number of aromatic nitrogens is 2. The number of carbonyl (C=O) groups excluding carboxylic acids is 1. The zero-order chi connectivity index (χ0) is 20.7. The summed E-state index contributed by atoms with van der Waals surface area (Å²) >= 11 is 0. The van der Waals surface area contributed by atoms with Crippen molar-refractivity contribution < 1.29 is 9.32 Å². The standard InChI is InChI=1S/C20H36N6O2/c1-7-14(8-2)17(27)26-11-9-15(10-12-26)23-19(21-6)22-13-16-24-18(28-25-16)20(3,4)5/h14-15H,7-13H2,1-6H3,(H2,21,22,23). The van der Waals surface area contributed by atoms with Crippen molar-refractivity contribution in [1.82, 2.24) is 25.7 Å². The van der Waals surface area contributed by atoms with Crippen LogP contribution in [0.2, 0.25) is 0 Å². The average Bonchev–Trinajstić information content (AvgIpc) is 3.16. The van der Waals surface area contributed by atoms with Crippen molar-refractivity contribution in [1.29, 1.82) is 0 Å². The Hall–Kier alpha value is -2.12.